The molecular formula is C20H36N2. The first-order valence-corrected chi connectivity index (χ1v) is 9.65. The molecule has 0 spiro atoms. The lowest BCUT2D eigenvalue weighted by Crippen LogP contribution is -1.83. The molecule has 0 saturated carbocycles. The van der Waals surface area contributed by atoms with Gasteiger partial charge in [0.25, 0.3) is 0 Å². The summed E-state index contributed by atoms with van der Waals surface area (Å²) in [6.07, 6.45) is 22.7. The predicted octanol–water partition coefficient (Wildman–Crippen LogP) is 7.06. The Morgan fingerprint density at radius 3 is 0.682 bits per heavy atom. The summed E-state index contributed by atoms with van der Waals surface area (Å²) in [7, 11) is 0. The molecule has 0 aromatic heterocycles. The zero-order chi connectivity index (χ0) is 16.1. The predicted molar refractivity (Wildman–Crippen MR) is 94.3 cm³/mol. The van der Waals surface area contributed by atoms with Crippen LogP contribution < -0.4 is 0 Å². The Morgan fingerprint density at radius 2 is 0.500 bits per heavy atom. The highest BCUT2D eigenvalue weighted by Gasteiger charge is 1.94. The van der Waals surface area contributed by atoms with Gasteiger partial charge in [-0.15, -0.1) is 0 Å². The lowest BCUT2D eigenvalue weighted by atomic mass is 10.0. The summed E-state index contributed by atoms with van der Waals surface area (Å²) < 4.78 is 0. The van der Waals surface area contributed by atoms with Crippen molar-refractivity contribution in [1.82, 2.24) is 0 Å². The van der Waals surface area contributed by atoms with E-state index in [0.29, 0.717) is 0 Å². The van der Waals surface area contributed by atoms with E-state index in [2.05, 4.69) is 12.1 Å². The Labute approximate surface area is 138 Å². The van der Waals surface area contributed by atoms with E-state index in [1.54, 1.807) is 0 Å². The Kier molecular flexibility index (Phi) is 19.1. The normalized spacial score (nSPS) is 10.3. The minimum atomic E-state index is 0.736. The summed E-state index contributed by atoms with van der Waals surface area (Å²) in [5, 5.41) is 16.9. The van der Waals surface area contributed by atoms with Crippen LogP contribution in [-0.4, -0.2) is 0 Å². The van der Waals surface area contributed by atoms with E-state index in [4.69, 9.17) is 10.5 Å². The molecule has 0 N–H and O–H groups in total. The lowest BCUT2D eigenvalue weighted by Gasteiger charge is -2.03. The van der Waals surface area contributed by atoms with Crippen molar-refractivity contribution in [3.05, 3.63) is 0 Å². The van der Waals surface area contributed by atoms with Gasteiger partial charge in [0.1, 0.15) is 0 Å². The largest absolute Gasteiger partial charge is 0.198 e. The van der Waals surface area contributed by atoms with Crippen LogP contribution >= 0.6 is 0 Å². The maximum Gasteiger partial charge on any atom is 0.0621 e. The standard InChI is InChI=1S/C20H36N2/c21-19-17-15-13-11-9-7-5-3-1-2-4-6-8-10-12-14-16-18-20-22/h1-18H2. The van der Waals surface area contributed by atoms with Crippen LogP contribution in [0.25, 0.3) is 0 Å². The van der Waals surface area contributed by atoms with Crippen molar-refractivity contribution < 1.29 is 0 Å². The highest BCUT2D eigenvalue weighted by atomic mass is 14.2. The molecule has 22 heavy (non-hydrogen) atoms. The van der Waals surface area contributed by atoms with E-state index in [0.717, 1.165) is 25.7 Å². The van der Waals surface area contributed by atoms with Gasteiger partial charge in [-0.2, -0.15) is 10.5 Å². The zero-order valence-electron chi connectivity index (χ0n) is 14.6. The van der Waals surface area contributed by atoms with Gasteiger partial charge in [0.05, 0.1) is 12.1 Å². The van der Waals surface area contributed by atoms with Crippen LogP contribution in [0.2, 0.25) is 0 Å². The topological polar surface area (TPSA) is 47.6 Å². The Bertz CT molecular complexity index is 255. The van der Waals surface area contributed by atoms with E-state index in [9.17, 15) is 0 Å². The second-order valence-electron chi connectivity index (χ2n) is 6.47. The smallest absolute Gasteiger partial charge is 0.0621 e. The maximum atomic E-state index is 8.44. The number of nitrogens with zero attached hydrogens (tertiary/aromatic N) is 2. The molecule has 126 valence electrons. The fourth-order valence-corrected chi connectivity index (χ4v) is 2.88. The Balaban J connectivity index is 2.94. The molecule has 0 bridgehead atoms. The van der Waals surface area contributed by atoms with Gasteiger partial charge in [-0.25, -0.2) is 0 Å². The molecule has 0 fully saturated rings. The summed E-state index contributed by atoms with van der Waals surface area (Å²) in [6.45, 7) is 0. The molecule has 0 saturated heterocycles. The van der Waals surface area contributed by atoms with Gasteiger partial charge in [-0.05, 0) is 12.8 Å². The molecule has 0 aliphatic rings. The third kappa shape index (κ3) is 19.0. The van der Waals surface area contributed by atoms with Crippen LogP contribution in [0.15, 0.2) is 0 Å². The molecule has 0 aromatic carbocycles. The first-order valence-electron chi connectivity index (χ1n) is 9.65. The molecule has 2 heteroatoms. The molecule has 0 aliphatic heterocycles. The second kappa shape index (κ2) is 20.0. The van der Waals surface area contributed by atoms with Gasteiger partial charge in [0, 0.05) is 12.8 Å². The molecule has 0 heterocycles. The van der Waals surface area contributed by atoms with Crippen molar-refractivity contribution >= 4 is 0 Å². The number of hydrogen-bond donors (Lipinski definition) is 0. The van der Waals surface area contributed by atoms with E-state index in [1.807, 2.05) is 0 Å². The third-order valence-corrected chi connectivity index (χ3v) is 4.33. The summed E-state index contributed by atoms with van der Waals surface area (Å²) in [5.41, 5.74) is 0. The Hall–Kier alpha value is -1.02. The number of nitriles is 2. The average Bonchev–Trinajstić information content (AvgIpc) is 2.54. The number of unbranched alkanes of at least 4 members (excludes halogenated alkanes) is 17. The number of hydrogen-bond acceptors (Lipinski definition) is 2. The maximum absolute atomic E-state index is 8.44. The van der Waals surface area contributed by atoms with Gasteiger partial charge in [0.2, 0.25) is 0 Å². The molecule has 0 aliphatic carbocycles. The molecule has 0 aromatic rings. The van der Waals surface area contributed by atoms with Gasteiger partial charge in [-0.1, -0.05) is 89.9 Å². The molecule has 2 nitrogen and oxygen atoms in total. The van der Waals surface area contributed by atoms with Gasteiger partial charge in [-0.3, -0.25) is 0 Å². The Morgan fingerprint density at radius 1 is 0.318 bits per heavy atom. The third-order valence-electron chi connectivity index (χ3n) is 4.33. The minimum absolute atomic E-state index is 0.736. The molecule has 0 radical (unpaired) electrons. The van der Waals surface area contributed by atoms with Crippen molar-refractivity contribution in [2.75, 3.05) is 0 Å². The minimum Gasteiger partial charge on any atom is -0.198 e. The molecule has 0 unspecified atom stereocenters. The monoisotopic (exact) mass is 304 g/mol. The molecule has 0 rings (SSSR count). The fraction of sp³-hybridized carbons (Fsp3) is 0.900. The average molecular weight is 305 g/mol. The molecular weight excluding hydrogens is 268 g/mol. The zero-order valence-corrected chi connectivity index (χ0v) is 14.6. The fourth-order valence-electron chi connectivity index (χ4n) is 2.88. The van der Waals surface area contributed by atoms with Crippen LogP contribution in [0.4, 0.5) is 0 Å². The molecule has 0 amide bonds. The van der Waals surface area contributed by atoms with Crippen molar-refractivity contribution in [2.24, 2.45) is 0 Å². The summed E-state index contributed by atoms with van der Waals surface area (Å²) in [4.78, 5) is 0. The van der Waals surface area contributed by atoms with Gasteiger partial charge >= 0.3 is 0 Å². The summed E-state index contributed by atoms with van der Waals surface area (Å²) in [6, 6.07) is 4.42. The first-order chi connectivity index (χ1) is 10.9. The van der Waals surface area contributed by atoms with Crippen molar-refractivity contribution in [3.8, 4) is 12.1 Å². The first kappa shape index (κ1) is 21.0. The highest BCUT2D eigenvalue weighted by Crippen LogP contribution is 2.14. The van der Waals surface area contributed by atoms with E-state index in [1.165, 1.54) is 89.9 Å². The SMILES string of the molecule is N#CCCCCCCCCCCCCCCCCCCC#N. The highest BCUT2D eigenvalue weighted by molar-refractivity contribution is 4.68. The van der Waals surface area contributed by atoms with E-state index in [-0.39, 0.29) is 0 Å². The van der Waals surface area contributed by atoms with Crippen LogP contribution in [0.5, 0.6) is 0 Å². The van der Waals surface area contributed by atoms with Gasteiger partial charge in [0.15, 0.2) is 0 Å². The lowest BCUT2D eigenvalue weighted by molar-refractivity contribution is 0.529. The van der Waals surface area contributed by atoms with Crippen LogP contribution in [0.1, 0.15) is 116 Å². The van der Waals surface area contributed by atoms with Crippen molar-refractivity contribution in [3.63, 3.8) is 0 Å². The van der Waals surface area contributed by atoms with Gasteiger partial charge < -0.3 is 0 Å². The van der Waals surface area contributed by atoms with Crippen LogP contribution in [0.3, 0.4) is 0 Å². The molecule has 0 atom stereocenters. The van der Waals surface area contributed by atoms with E-state index >= 15 is 0 Å². The van der Waals surface area contributed by atoms with Crippen LogP contribution in [-0.2, 0) is 0 Å². The summed E-state index contributed by atoms with van der Waals surface area (Å²) >= 11 is 0. The van der Waals surface area contributed by atoms with Crippen LogP contribution in [0, 0.1) is 22.7 Å². The number of rotatable bonds is 17. The quantitative estimate of drug-likeness (QED) is 0.270. The second-order valence-corrected chi connectivity index (χ2v) is 6.47. The van der Waals surface area contributed by atoms with E-state index < -0.39 is 0 Å². The van der Waals surface area contributed by atoms with Crippen molar-refractivity contribution in [2.45, 2.75) is 116 Å². The summed E-state index contributed by atoms with van der Waals surface area (Å²) in [5.74, 6) is 0. The van der Waals surface area contributed by atoms with Crippen molar-refractivity contribution in [1.29, 1.82) is 10.5 Å².